The summed E-state index contributed by atoms with van der Waals surface area (Å²) < 4.78 is 4.11. The minimum atomic E-state index is -0.575. The summed E-state index contributed by atoms with van der Waals surface area (Å²) in [6.45, 7) is 7.87. The fourth-order valence-electron chi connectivity index (χ4n) is 3.15. The number of ketones is 1. The topological polar surface area (TPSA) is 105 Å². The highest BCUT2D eigenvalue weighted by molar-refractivity contribution is 7.99. The number of aryl methyl sites for hydroxylation is 1. The van der Waals surface area contributed by atoms with Gasteiger partial charge in [0.15, 0.2) is 22.1 Å². The number of hydrogen-bond acceptors (Lipinski definition) is 6. The molecular formula is C23H29N5O3S. The zero-order valence-electron chi connectivity index (χ0n) is 19.1. The maximum Gasteiger partial charge on any atom is 0.332 e. The number of thioether (sulfide) groups is 1. The van der Waals surface area contributed by atoms with E-state index in [1.807, 2.05) is 33.8 Å². The first-order valence-corrected chi connectivity index (χ1v) is 11.3. The monoisotopic (exact) mass is 455 g/mol. The molecular weight excluding hydrogens is 426 g/mol. The molecule has 0 aliphatic carbocycles. The lowest BCUT2D eigenvalue weighted by molar-refractivity contribution is 0.0969. The van der Waals surface area contributed by atoms with E-state index >= 15 is 0 Å². The molecule has 0 spiro atoms. The summed E-state index contributed by atoms with van der Waals surface area (Å²) in [5.74, 6) is 0.277. The first kappa shape index (κ1) is 23.7. The Morgan fingerprint density at radius 3 is 2.41 bits per heavy atom. The molecule has 2 aromatic heterocycles. The van der Waals surface area contributed by atoms with Crippen LogP contribution >= 0.6 is 11.8 Å². The molecule has 0 unspecified atom stereocenters. The van der Waals surface area contributed by atoms with Gasteiger partial charge in [-0.05, 0) is 27.7 Å². The van der Waals surface area contributed by atoms with E-state index in [1.165, 1.54) is 16.3 Å². The maximum atomic E-state index is 13.4. The van der Waals surface area contributed by atoms with Gasteiger partial charge < -0.3 is 10.3 Å². The Hall–Kier alpha value is -2.91. The van der Waals surface area contributed by atoms with E-state index < -0.39 is 16.8 Å². The van der Waals surface area contributed by atoms with Crippen molar-refractivity contribution in [1.29, 1.82) is 0 Å². The van der Waals surface area contributed by atoms with E-state index in [1.54, 1.807) is 41.9 Å². The minimum absolute atomic E-state index is 0.294. The Balaban J connectivity index is 2.18. The number of nitrogens with zero attached hydrogens (tertiary/aromatic N) is 4. The lowest BCUT2D eigenvalue weighted by Gasteiger charge is -2.17. The molecule has 8 nitrogen and oxygen atoms in total. The smallest absolute Gasteiger partial charge is 0.325 e. The van der Waals surface area contributed by atoms with Gasteiger partial charge in [0.1, 0.15) is 0 Å². The molecule has 3 rings (SSSR count). The average Bonchev–Trinajstić information content (AvgIpc) is 3.11. The zero-order chi connectivity index (χ0) is 23.6. The Labute approximate surface area is 190 Å². The minimum Gasteiger partial charge on any atom is -0.325 e. The fourth-order valence-corrected chi connectivity index (χ4v) is 4.13. The summed E-state index contributed by atoms with van der Waals surface area (Å²) in [5.41, 5.74) is 6.73. The number of fused-ring (bicyclic) bond motifs is 1. The van der Waals surface area contributed by atoms with E-state index in [2.05, 4.69) is 4.98 Å². The van der Waals surface area contributed by atoms with Crippen molar-refractivity contribution >= 4 is 28.7 Å². The molecule has 0 atom stereocenters. The summed E-state index contributed by atoms with van der Waals surface area (Å²) in [5, 5.41) is 0.607. The number of nitrogens with two attached hydrogens (primary N) is 1. The van der Waals surface area contributed by atoms with Crippen LogP contribution in [0.4, 0.5) is 0 Å². The maximum absolute atomic E-state index is 13.4. The predicted molar refractivity (Wildman–Crippen MR) is 128 cm³/mol. The quantitative estimate of drug-likeness (QED) is 0.318. The summed E-state index contributed by atoms with van der Waals surface area (Å²) in [7, 11) is 1.56. The van der Waals surface area contributed by atoms with E-state index in [-0.39, 0.29) is 12.3 Å². The first-order chi connectivity index (χ1) is 15.0. The van der Waals surface area contributed by atoms with Gasteiger partial charge in [-0.15, -0.1) is 0 Å². The molecule has 9 heteroatoms. The van der Waals surface area contributed by atoms with E-state index in [0.717, 1.165) is 10.1 Å². The van der Waals surface area contributed by atoms with Crippen molar-refractivity contribution in [1.82, 2.24) is 18.7 Å². The lowest BCUT2D eigenvalue weighted by Crippen LogP contribution is -2.41. The van der Waals surface area contributed by atoms with Gasteiger partial charge in [0.25, 0.3) is 5.56 Å². The number of benzene rings is 1. The van der Waals surface area contributed by atoms with E-state index in [4.69, 9.17) is 5.73 Å². The van der Waals surface area contributed by atoms with Gasteiger partial charge in [-0.25, -0.2) is 9.78 Å². The second kappa shape index (κ2) is 9.30. The van der Waals surface area contributed by atoms with Crippen molar-refractivity contribution in [3.63, 3.8) is 0 Å². The van der Waals surface area contributed by atoms with Crippen LogP contribution in [0.2, 0.25) is 0 Å². The Kier molecular flexibility index (Phi) is 6.90. The van der Waals surface area contributed by atoms with E-state index in [0.29, 0.717) is 34.2 Å². The van der Waals surface area contributed by atoms with Crippen LogP contribution in [0.15, 0.2) is 56.7 Å². The number of imidazole rings is 1. The highest BCUT2D eigenvalue weighted by Crippen LogP contribution is 2.24. The molecule has 3 aromatic rings. The molecule has 0 fully saturated rings. The molecule has 0 amide bonds. The van der Waals surface area contributed by atoms with Crippen molar-refractivity contribution in [2.75, 3.05) is 5.75 Å². The third kappa shape index (κ3) is 5.11. The number of rotatable bonds is 8. The zero-order valence-corrected chi connectivity index (χ0v) is 19.9. The normalized spacial score (nSPS) is 11.7. The number of Topliss-reactive ketones (excluding diaryl/α,β-unsaturated/α-hetero) is 1. The number of allylic oxidation sites excluding steroid dienone is 2. The molecule has 2 N–H and O–H groups in total. The van der Waals surface area contributed by atoms with Crippen LogP contribution in [-0.4, -0.2) is 35.8 Å². The number of carbonyl (C=O) groups is 1. The van der Waals surface area contributed by atoms with Crippen LogP contribution in [0.25, 0.3) is 11.2 Å². The Bertz CT molecular complexity index is 1290. The summed E-state index contributed by atoms with van der Waals surface area (Å²) in [6, 6.07) is 8.62. The Morgan fingerprint density at radius 1 is 1.16 bits per heavy atom. The van der Waals surface area contributed by atoms with Crippen molar-refractivity contribution in [3.05, 3.63) is 68.4 Å². The molecule has 0 radical (unpaired) electrons. The standard InChI is InChI=1S/C23H29N5O3S/c1-15(2)11-12-27-18-19(25-21(27)32-14-23(3,4)24)26(5)22(31)28(20(18)30)13-17(29)16-9-7-6-8-10-16/h6-11H,12-14,24H2,1-5H3. The molecule has 0 saturated heterocycles. The molecule has 0 bridgehead atoms. The van der Waals surface area contributed by atoms with Crippen LogP contribution < -0.4 is 17.0 Å². The summed E-state index contributed by atoms with van der Waals surface area (Å²) >= 11 is 1.44. The average molecular weight is 456 g/mol. The third-order valence-corrected chi connectivity index (χ3v) is 6.31. The van der Waals surface area contributed by atoms with Crippen LogP contribution in [-0.2, 0) is 20.1 Å². The van der Waals surface area contributed by atoms with E-state index in [9.17, 15) is 14.4 Å². The highest BCUT2D eigenvalue weighted by Gasteiger charge is 2.23. The van der Waals surface area contributed by atoms with Crippen LogP contribution in [0.5, 0.6) is 0 Å². The highest BCUT2D eigenvalue weighted by atomic mass is 32.2. The lowest BCUT2D eigenvalue weighted by atomic mass is 10.1. The number of hydrogen-bond donors (Lipinski definition) is 1. The van der Waals surface area contributed by atoms with Crippen molar-refractivity contribution in [2.24, 2.45) is 12.8 Å². The van der Waals surface area contributed by atoms with Gasteiger partial charge in [-0.1, -0.05) is 53.7 Å². The van der Waals surface area contributed by atoms with Gasteiger partial charge in [0, 0.05) is 30.4 Å². The predicted octanol–water partition coefficient (Wildman–Crippen LogP) is 2.58. The molecule has 170 valence electrons. The molecule has 32 heavy (non-hydrogen) atoms. The largest absolute Gasteiger partial charge is 0.332 e. The SMILES string of the molecule is CC(C)=CCn1c(SCC(C)(C)N)nc2c1c(=O)n(CC(=O)c1ccccc1)c(=O)n2C. The second-order valence-electron chi connectivity index (χ2n) is 8.76. The molecule has 1 aromatic carbocycles. The molecule has 0 aliphatic heterocycles. The summed E-state index contributed by atoms with van der Waals surface area (Å²) in [6.07, 6.45) is 1.99. The Morgan fingerprint density at radius 2 is 1.81 bits per heavy atom. The van der Waals surface area contributed by atoms with Crippen LogP contribution in [0, 0.1) is 0 Å². The first-order valence-electron chi connectivity index (χ1n) is 10.3. The van der Waals surface area contributed by atoms with Crippen LogP contribution in [0.1, 0.15) is 38.1 Å². The molecule has 0 saturated carbocycles. The fraction of sp³-hybridized carbons (Fsp3) is 0.391. The van der Waals surface area contributed by atoms with Gasteiger partial charge in [0.05, 0.1) is 6.54 Å². The van der Waals surface area contributed by atoms with Gasteiger partial charge >= 0.3 is 5.69 Å². The van der Waals surface area contributed by atoms with Crippen molar-refractivity contribution in [3.8, 4) is 0 Å². The van der Waals surface area contributed by atoms with Crippen molar-refractivity contribution in [2.45, 2.75) is 51.5 Å². The third-order valence-electron chi connectivity index (χ3n) is 4.85. The second-order valence-corrected chi connectivity index (χ2v) is 9.70. The van der Waals surface area contributed by atoms with Crippen molar-refractivity contribution < 1.29 is 4.79 Å². The van der Waals surface area contributed by atoms with Crippen LogP contribution in [0.3, 0.4) is 0 Å². The number of carbonyl (C=O) groups excluding carboxylic acids is 1. The van der Waals surface area contributed by atoms with Gasteiger partial charge in [-0.3, -0.25) is 18.7 Å². The molecule has 2 heterocycles. The van der Waals surface area contributed by atoms with Gasteiger partial charge in [0.2, 0.25) is 0 Å². The van der Waals surface area contributed by atoms with Gasteiger partial charge in [-0.2, -0.15) is 0 Å². The number of aromatic nitrogens is 4. The molecule has 0 aliphatic rings. The summed E-state index contributed by atoms with van der Waals surface area (Å²) in [4.78, 5) is 43.7.